The summed E-state index contributed by atoms with van der Waals surface area (Å²) >= 11 is 18.2. The highest BCUT2D eigenvalue weighted by atomic mass is 35.5. The van der Waals surface area contributed by atoms with Crippen LogP contribution in [0.1, 0.15) is 11.4 Å². The molecular formula is C17H15Cl4N3O. The third kappa shape index (κ3) is 4.39. The maximum atomic E-state index is 6.18. The van der Waals surface area contributed by atoms with E-state index in [0.717, 1.165) is 22.3 Å². The number of rotatable bonds is 5. The highest BCUT2D eigenvalue weighted by Gasteiger charge is 2.10. The van der Waals surface area contributed by atoms with Gasteiger partial charge in [0.05, 0.1) is 28.6 Å². The minimum absolute atomic E-state index is 0. The average molecular weight is 419 g/mol. The molecule has 0 spiro atoms. The summed E-state index contributed by atoms with van der Waals surface area (Å²) in [6.45, 7) is 0.506. The molecule has 0 radical (unpaired) electrons. The molecule has 0 fully saturated rings. The van der Waals surface area contributed by atoms with Gasteiger partial charge in [-0.25, -0.2) is 9.97 Å². The van der Waals surface area contributed by atoms with Crippen molar-refractivity contribution in [2.24, 2.45) is 0 Å². The standard InChI is InChI=1S/C17H14Cl3N3O.ClH/c1-24-16-12(19)6-10(7-13(16)20)9-21-17-11-4-2-3-5-14(11)22-15(8-18)23-17;/h2-7H,8-9H2,1H3,(H,21,22,23);1H. The van der Waals surface area contributed by atoms with Crippen LogP contribution in [0.5, 0.6) is 5.75 Å². The number of nitrogens with zero attached hydrogens (tertiary/aromatic N) is 2. The first-order valence-electron chi connectivity index (χ1n) is 7.19. The Balaban J connectivity index is 0.00000225. The van der Waals surface area contributed by atoms with Crippen molar-refractivity contribution in [1.82, 2.24) is 9.97 Å². The van der Waals surface area contributed by atoms with Crippen LogP contribution in [-0.4, -0.2) is 17.1 Å². The van der Waals surface area contributed by atoms with E-state index in [-0.39, 0.29) is 18.3 Å². The van der Waals surface area contributed by atoms with E-state index in [4.69, 9.17) is 39.5 Å². The van der Waals surface area contributed by atoms with E-state index >= 15 is 0 Å². The number of ether oxygens (including phenoxy) is 1. The molecule has 0 unspecified atom stereocenters. The van der Waals surface area contributed by atoms with Crippen LogP contribution in [0.25, 0.3) is 10.9 Å². The number of hydrogen-bond donors (Lipinski definition) is 1. The van der Waals surface area contributed by atoms with Crippen molar-refractivity contribution in [3.63, 3.8) is 0 Å². The molecule has 132 valence electrons. The SMILES string of the molecule is COc1c(Cl)cc(CNc2nc(CCl)nc3ccccc23)cc1Cl.Cl. The molecule has 0 bridgehead atoms. The molecule has 1 heterocycles. The molecule has 1 N–H and O–H groups in total. The zero-order valence-electron chi connectivity index (χ0n) is 13.2. The minimum atomic E-state index is 0. The number of benzene rings is 2. The van der Waals surface area contributed by atoms with Gasteiger partial charge in [0.25, 0.3) is 0 Å². The molecular weight excluding hydrogens is 404 g/mol. The summed E-state index contributed by atoms with van der Waals surface area (Å²) in [5, 5.41) is 5.17. The number of methoxy groups -OCH3 is 1. The Hall–Kier alpha value is -1.46. The van der Waals surface area contributed by atoms with Crippen molar-refractivity contribution in [2.75, 3.05) is 12.4 Å². The fraction of sp³-hybridized carbons (Fsp3) is 0.176. The second kappa shape index (κ2) is 8.77. The lowest BCUT2D eigenvalue weighted by molar-refractivity contribution is 0.415. The Labute approximate surface area is 166 Å². The molecule has 1 aromatic heterocycles. The lowest BCUT2D eigenvalue weighted by Gasteiger charge is -2.12. The fourth-order valence-electron chi connectivity index (χ4n) is 2.41. The number of alkyl halides is 1. The molecule has 3 rings (SSSR count). The summed E-state index contributed by atoms with van der Waals surface area (Å²) in [5.41, 5.74) is 1.76. The topological polar surface area (TPSA) is 47.0 Å². The molecule has 0 aliphatic carbocycles. The molecule has 0 aliphatic rings. The average Bonchev–Trinajstić information content (AvgIpc) is 2.59. The van der Waals surface area contributed by atoms with E-state index in [9.17, 15) is 0 Å². The highest BCUT2D eigenvalue weighted by molar-refractivity contribution is 6.37. The second-order valence-corrected chi connectivity index (χ2v) is 6.17. The maximum absolute atomic E-state index is 6.18. The summed E-state index contributed by atoms with van der Waals surface area (Å²) in [6.07, 6.45) is 0. The van der Waals surface area contributed by atoms with Gasteiger partial charge in [-0.1, -0.05) is 35.3 Å². The third-order valence-corrected chi connectivity index (χ3v) is 4.29. The summed E-state index contributed by atoms with van der Waals surface area (Å²) in [4.78, 5) is 8.89. The Kier molecular flexibility index (Phi) is 6.96. The zero-order chi connectivity index (χ0) is 17.1. The molecule has 0 aliphatic heterocycles. The molecule has 0 saturated heterocycles. The molecule has 0 saturated carbocycles. The molecule has 3 aromatic rings. The van der Waals surface area contributed by atoms with E-state index in [1.54, 1.807) is 0 Å². The van der Waals surface area contributed by atoms with Crippen LogP contribution in [0.2, 0.25) is 10.0 Å². The van der Waals surface area contributed by atoms with E-state index in [0.29, 0.717) is 28.2 Å². The molecule has 8 heteroatoms. The van der Waals surface area contributed by atoms with Crippen LogP contribution in [0.3, 0.4) is 0 Å². The van der Waals surface area contributed by atoms with E-state index in [1.807, 2.05) is 36.4 Å². The van der Waals surface area contributed by atoms with Gasteiger partial charge in [0.15, 0.2) is 5.75 Å². The smallest absolute Gasteiger partial charge is 0.156 e. The van der Waals surface area contributed by atoms with Crippen LogP contribution in [0, 0.1) is 0 Å². The van der Waals surface area contributed by atoms with Crippen LogP contribution < -0.4 is 10.1 Å². The first kappa shape index (κ1) is 19.9. The van der Waals surface area contributed by atoms with Crippen molar-refractivity contribution in [2.45, 2.75) is 12.4 Å². The number of para-hydroxylation sites is 1. The van der Waals surface area contributed by atoms with Crippen molar-refractivity contribution in [3.05, 3.63) is 57.8 Å². The Morgan fingerprint density at radius 3 is 2.40 bits per heavy atom. The summed E-state index contributed by atoms with van der Waals surface area (Å²) < 4.78 is 5.16. The number of anilines is 1. The predicted octanol–water partition coefficient (Wildman–Crippen LogP) is 5.72. The summed E-state index contributed by atoms with van der Waals surface area (Å²) in [6, 6.07) is 11.4. The van der Waals surface area contributed by atoms with E-state index < -0.39 is 0 Å². The largest absolute Gasteiger partial charge is 0.494 e. The lowest BCUT2D eigenvalue weighted by atomic mass is 10.2. The summed E-state index contributed by atoms with van der Waals surface area (Å²) in [7, 11) is 1.53. The normalized spacial score (nSPS) is 10.4. The van der Waals surface area contributed by atoms with Gasteiger partial charge in [0, 0.05) is 11.9 Å². The second-order valence-electron chi connectivity index (χ2n) is 5.09. The Morgan fingerprint density at radius 1 is 1.08 bits per heavy atom. The van der Waals surface area contributed by atoms with Crippen LogP contribution in [0.4, 0.5) is 5.82 Å². The zero-order valence-corrected chi connectivity index (χ0v) is 16.3. The monoisotopic (exact) mass is 417 g/mol. The molecule has 2 aromatic carbocycles. The van der Waals surface area contributed by atoms with E-state index in [2.05, 4.69) is 15.3 Å². The Morgan fingerprint density at radius 2 is 1.76 bits per heavy atom. The van der Waals surface area contributed by atoms with Gasteiger partial charge in [-0.3, -0.25) is 0 Å². The maximum Gasteiger partial charge on any atom is 0.156 e. The van der Waals surface area contributed by atoms with Gasteiger partial charge < -0.3 is 10.1 Å². The Bertz CT molecular complexity index is 866. The van der Waals surface area contributed by atoms with Crippen molar-refractivity contribution >= 4 is 63.9 Å². The third-order valence-electron chi connectivity index (χ3n) is 3.49. The molecule has 0 amide bonds. The van der Waals surface area contributed by atoms with Crippen LogP contribution >= 0.6 is 47.2 Å². The number of aromatic nitrogens is 2. The fourth-order valence-corrected chi connectivity index (χ4v) is 3.22. The van der Waals surface area contributed by atoms with Gasteiger partial charge in [0.1, 0.15) is 11.6 Å². The lowest BCUT2D eigenvalue weighted by Crippen LogP contribution is -2.05. The molecule has 0 atom stereocenters. The van der Waals surface area contributed by atoms with Gasteiger partial charge in [-0.05, 0) is 29.8 Å². The number of hydrogen-bond acceptors (Lipinski definition) is 4. The van der Waals surface area contributed by atoms with Crippen molar-refractivity contribution in [1.29, 1.82) is 0 Å². The number of fused-ring (bicyclic) bond motifs is 1. The van der Waals surface area contributed by atoms with E-state index in [1.165, 1.54) is 7.11 Å². The molecule has 25 heavy (non-hydrogen) atoms. The van der Waals surface area contributed by atoms with Gasteiger partial charge in [-0.2, -0.15) is 0 Å². The summed E-state index contributed by atoms with van der Waals surface area (Å²) in [5.74, 6) is 2.02. The number of halogens is 4. The molecule has 4 nitrogen and oxygen atoms in total. The number of nitrogens with one attached hydrogen (secondary N) is 1. The highest BCUT2D eigenvalue weighted by Crippen LogP contribution is 2.34. The van der Waals surface area contributed by atoms with Gasteiger partial charge >= 0.3 is 0 Å². The van der Waals surface area contributed by atoms with Gasteiger partial charge in [0.2, 0.25) is 0 Å². The van der Waals surface area contributed by atoms with Crippen molar-refractivity contribution in [3.8, 4) is 5.75 Å². The minimum Gasteiger partial charge on any atom is -0.494 e. The quantitative estimate of drug-likeness (QED) is 0.538. The first-order valence-corrected chi connectivity index (χ1v) is 8.49. The van der Waals surface area contributed by atoms with Crippen molar-refractivity contribution < 1.29 is 4.74 Å². The first-order chi connectivity index (χ1) is 11.6. The predicted molar refractivity (Wildman–Crippen MR) is 107 cm³/mol. The van der Waals surface area contributed by atoms with Gasteiger partial charge in [-0.15, -0.1) is 24.0 Å². The van der Waals surface area contributed by atoms with Crippen LogP contribution in [-0.2, 0) is 12.4 Å². The van der Waals surface area contributed by atoms with Crippen LogP contribution in [0.15, 0.2) is 36.4 Å².